The van der Waals surface area contributed by atoms with Crippen molar-refractivity contribution in [3.63, 3.8) is 0 Å². The minimum absolute atomic E-state index is 0.225. The number of alkyl halides is 3. The van der Waals surface area contributed by atoms with E-state index in [1.165, 1.54) is 4.72 Å². The van der Waals surface area contributed by atoms with Crippen LogP contribution in [0.3, 0.4) is 0 Å². The van der Waals surface area contributed by atoms with Crippen molar-refractivity contribution in [3.05, 3.63) is 52.8 Å². The third kappa shape index (κ3) is 3.77. The summed E-state index contributed by atoms with van der Waals surface area (Å²) >= 11 is 0. The molecule has 0 unspecified atom stereocenters. The number of methoxy groups -OCH3 is 1. The number of halogens is 8. The van der Waals surface area contributed by atoms with Crippen LogP contribution in [0.4, 0.5) is 40.8 Å². The number of hydrogen-bond donors (Lipinski definition) is 1. The van der Waals surface area contributed by atoms with Gasteiger partial charge >= 0.3 is 6.18 Å². The van der Waals surface area contributed by atoms with Crippen molar-refractivity contribution in [1.29, 1.82) is 0 Å². The van der Waals surface area contributed by atoms with Gasteiger partial charge in [-0.25, -0.2) is 30.4 Å². The van der Waals surface area contributed by atoms with Crippen LogP contribution in [0.15, 0.2) is 23.1 Å². The van der Waals surface area contributed by atoms with Crippen LogP contribution in [-0.4, -0.2) is 15.5 Å². The molecule has 1 N–H and O–H groups in total. The summed E-state index contributed by atoms with van der Waals surface area (Å²) in [4.78, 5) is -2.23. The molecule has 0 saturated heterocycles. The van der Waals surface area contributed by atoms with Gasteiger partial charge in [0.2, 0.25) is 5.82 Å². The van der Waals surface area contributed by atoms with Crippen LogP contribution in [0, 0.1) is 29.1 Å². The van der Waals surface area contributed by atoms with Crippen LogP contribution >= 0.6 is 0 Å². The van der Waals surface area contributed by atoms with E-state index in [0.29, 0.717) is 6.07 Å². The number of ether oxygens (including phenoxy) is 1. The predicted octanol–water partition coefficient (Wildman–Crippen LogP) is 4.21. The summed E-state index contributed by atoms with van der Waals surface area (Å²) in [5.74, 6) is -13.7. The van der Waals surface area contributed by atoms with Gasteiger partial charge in [-0.1, -0.05) is 0 Å². The van der Waals surface area contributed by atoms with Crippen LogP contribution < -0.4 is 9.46 Å². The van der Waals surface area contributed by atoms with Gasteiger partial charge in [-0.2, -0.15) is 13.2 Å². The molecule has 0 atom stereocenters. The van der Waals surface area contributed by atoms with Crippen LogP contribution in [-0.2, 0) is 16.2 Å². The van der Waals surface area contributed by atoms with Crippen molar-refractivity contribution < 1.29 is 48.3 Å². The largest absolute Gasteiger partial charge is 0.496 e. The van der Waals surface area contributed by atoms with Gasteiger partial charge < -0.3 is 4.74 Å². The molecule has 0 spiro atoms. The molecule has 0 amide bonds. The van der Waals surface area contributed by atoms with E-state index in [4.69, 9.17) is 0 Å². The van der Waals surface area contributed by atoms with Gasteiger partial charge in [0.1, 0.15) is 5.75 Å². The quantitative estimate of drug-likeness (QED) is 0.457. The Kier molecular flexibility index (Phi) is 5.27. The predicted molar refractivity (Wildman–Crippen MR) is 75.0 cm³/mol. The molecule has 0 bridgehead atoms. The molecule has 0 aliphatic heterocycles. The highest BCUT2D eigenvalue weighted by Crippen LogP contribution is 2.38. The van der Waals surface area contributed by atoms with Crippen molar-refractivity contribution in [2.45, 2.75) is 11.1 Å². The number of sulfonamides is 1. The molecule has 0 aromatic heterocycles. The molecule has 0 saturated carbocycles. The zero-order valence-corrected chi connectivity index (χ0v) is 13.7. The van der Waals surface area contributed by atoms with Crippen molar-refractivity contribution >= 4 is 15.7 Å². The zero-order chi connectivity index (χ0) is 20.7. The lowest BCUT2D eigenvalue weighted by molar-refractivity contribution is -0.138. The van der Waals surface area contributed by atoms with Crippen molar-refractivity contribution in [3.8, 4) is 5.75 Å². The van der Waals surface area contributed by atoms with E-state index in [1.807, 2.05) is 0 Å². The molecule has 27 heavy (non-hydrogen) atoms. The minimum atomic E-state index is -5.47. The Bertz CT molecular complexity index is 975. The smallest absolute Gasteiger partial charge is 0.420 e. The number of anilines is 1. The first-order valence-corrected chi connectivity index (χ1v) is 8.09. The van der Waals surface area contributed by atoms with Gasteiger partial charge in [0, 0.05) is 5.69 Å². The van der Waals surface area contributed by atoms with Gasteiger partial charge in [-0.05, 0) is 18.2 Å². The SMILES string of the molecule is COc1ccc(NS(=O)(=O)c2c(F)c(F)c(F)c(F)c2F)cc1C(F)(F)F. The van der Waals surface area contributed by atoms with E-state index in [9.17, 15) is 43.5 Å². The average molecular weight is 421 g/mol. The summed E-state index contributed by atoms with van der Waals surface area (Å²) in [5.41, 5.74) is -2.30. The van der Waals surface area contributed by atoms with Gasteiger partial charge in [-0.3, -0.25) is 4.72 Å². The van der Waals surface area contributed by atoms with Crippen LogP contribution in [0.5, 0.6) is 5.75 Å². The van der Waals surface area contributed by atoms with Crippen LogP contribution in [0.2, 0.25) is 0 Å². The Morgan fingerprint density at radius 1 is 0.889 bits per heavy atom. The Hall–Kier alpha value is -2.57. The fourth-order valence-electron chi connectivity index (χ4n) is 2.02. The highest BCUT2D eigenvalue weighted by atomic mass is 32.2. The second-order valence-electron chi connectivity index (χ2n) is 4.92. The van der Waals surface area contributed by atoms with Gasteiger partial charge in [0.05, 0.1) is 12.7 Å². The first-order valence-electron chi connectivity index (χ1n) is 6.60. The molecule has 0 radical (unpaired) electrons. The summed E-state index contributed by atoms with van der Waals surface area (Å²) in [6.45, 7) is 0. The minimum Gasteiger partial charge on any atom is -0.496 e. The molecular weight excluding hydrogens is 414 g/mol. The second kappa shape index (κ2) is 6.87. The fraction of sp³-hybridized carbons (Fsp3) is 0.143. The van der Waals surface area contributed by atoms with Gasteiger partial charge in [-0.15, -0.1) is 0 Å². The normalized spacial score (nSPS) is 12.2. The highest BCUT2D eigenvalue weighted by molar-refractivity contribution is 7.92. The standard InChI is InChI=1S/C14H7F8NO3S/c1-26-7-3-2-5(4-6(7)14(20,21)22)23-27(24,25)13-11(18)9(16)8(15)10(17)12(13)19/h2-4,23H,1H3. The molecule has 4 nitrogen and oxygen atoms in total. The lowest BCUT2D eigenvalue weighted by atomic mass is 10.1. The Balaban J connectivity index is 2.59. The van der Waals surface area contributed by atoms with E-state index < -0.39 is 67.2 Å². The van der Waals surface area contributed by atoms with E-state index in [2.05, 4.69) is 4.74 Å². The number of rotatable bonds is 4. The third-order valence-electron chi connectivity index (χ3n) is 3.20. The summed E-state index contributed by atoms with van der Waals surface area (Å²) < 4.78 is 135. The number of hydrogen-bond acceptors (Lipinski definition) is 3. The number of benzene rings is 2. The Morgan fingerprint density at radius 3 is 1.81 bits per heavy atom. The molecule has 148 valence electrons. The van der Waals surface area contributed by atoms with E-state index in [-0.39, 0.29) is 6.07 Å². The van der Waals surface area contributed by atoms with Gasteiger partial charge in [0.25, 0.3) is 10.0 Å². The average Bonchev–Trinajstić information content (AvgIpc) is 2.57. The zero-order valence-electron chi connectivity index (χ0n) is 12.9. The van der Waals surface area contributed by atoms with E-state index in [0.717, 1.165) is 13.2 Å². The summed E-state index contributed by atoms with van der Waals surface area (Å²) in [7, 11) is -4.57. The fourth-order valence-corrected chi connectivity index (χ4v) is 3.21. The molecule has 2 aromatic rings. The van der Waals surface area contributed by atoms with Crippen molar-refractivity contribution in [1.82, 2.24) is 0 Å². The second-order valence-corrected chi connectivity index (χ2v) is 6.54. The molecule has 13 heteroatoms. The van der Waals surface area contributed by atoms with E-state index >= 15 is 0 Å². The Morgan fingerprint density at radius 2 is 1.37 bits per heavy atom. The molecular formula is C14H7F8NO3S. The molecule has 0 fully saturated rings. The van der Waals surface area contributed by atoms with Crippen molar-refractivity contribution in [2.24, 2.45) is 0 Å². The highest BCUT2D eigenvalue weighted by Gasteiger charge is 2.36. The van der Waals surface area contributed by atoms with Crippen LogP contribution in [0.1, 0.15) is 5.56 Å². The van der Waals surface area contributed by atoms with E-state index in [1.54, 1.807) is 0 Å². The molecule has 0 aliphatic carbocycles. The summed E-state index contributed by atoms with van der Waals surface area (Å²) in [5, 5.41) is 0. The molecule has 0 aliphatic rings. The lowest BCUT2D eigenvalue weighted by Crippen LogP contribution is -2.20. The molecule has 2 aromatic carbocycles. The number of nitrogens with one attached hydrogen (secondary N) is 1. The summed E-state index contributed by atoms with van der Waals surface area (Å²) in [6, 6.07) is 1.65. The molecule has 2 rings (SSSR count). The van der Waals surface area contributed by atoms with Crippen molar-refractivity contribution in [2.75, 3.05) is 11.8 Å². The maximum absolute atomic E-state index is 13.6. The van der Waals surface area contributed by atoms with Gasteiger partial charge in [0.15, 0.2) is 28.2 Å². The Labute approximate surface area is 146 Å². The summed E-state index contributed by atoms with van der Waals surface area (Å²) in [6.07, 6.45) is -4.99. The lowest BCUT2D eigenvalue weighted by Gasteiger charge is -2.15. The topological polar surface area (TPSA) is 55.4 Å². The molecule has 0 heterocycles. The first-order chi connectivity index (χ1) is 12.3. The maximum atomic E-state index is 13.6. The monoisotopic (exact) mass is 421 g/mol. The first kappa shape index (κ1) is 20.7. The van der Waals surface area contributed by atoms with Crippen LogP contribution in [0.25, 0.3) is 0 Å². The third-order valence-corrected chi connectivity index (χ3v) is 4.60. The maximum Gasteiger partial charge on any atom is 0.420 e.